The van der Waals surface area contributed by atoms with Crippen molar-refractivity contribution in [3.8, 4) is 0 Å². The summed E-state index contributed by atoms with van der Waals surface area (Å²) in [6, 6.07) is 40.3. The van der Waals surface area contributed by atoms with Gasteiger partial charge < -0.3 is 5.73 Å². The lowest BCUT2D eigenvalue weighted by Gasteiger charge is -2.34. The molecule has 4 rings (SSSR count). The van der Waals surface area contributed by atoms with E-state index in [0.717, 1.165) is 22.3 Å². The molecule has 0 fully saturated rings. The van der Waals surface area contributed by atoms with Crippen LogP contribution >= 0.6 is 0 Å². The van der Waals surface area contributed by atoms with Crippen LogP contribution in [0.1, 0.15) is 22.3 Å². The smallest absolute Gasteiger partial charge is 0.249 e. The molecule has 0 radical (unpaired) electrons. The normalized spacial score (nSPS) is 11.8. The lowest BCUT2D eigenvalue weighted by Crippen LogP contribution is -2.29. The Balaban J connectivity index is 2.11. The Labute approximate surface area is 177 Å². The molecule has 0 spiro atoms. The maximum Gasteiger partial charge on any atom is 0.249 e. The van der Waals surface area contributed by atoms with E-state index in [2.05, 4.69) is 36.4 Å². The summed E-state index contributed by atoms with van der Waals surface area (Å²) in [5, 5.41) is 0. The second-order valence-electron chi connectivity index (χ2n) is 7.19. The van der Waals surface area contributed by atoms with E-state index < -0.39 is 11.3 Å². The third kappa shape index (κ3) is 3.68. The summed E-state index contributed by atoms with van der Waals surface area (Å²) in [7, 11) is 0. The summed E-state index contributed by atoms with van der Waals surface area (Å²) in [4.78, 5) is 12.6. The highest BCUT2D eigenvalue weighted by molar-refractivity contribution is 6.19. The first-order valence-electron chi connectivity index (χ1n) is 9.96. The third-order valence-electron chi connectivity index (χ3n) is 5.40. The second-order valence-corrected chi connectivity index (χ2v) is 7.19. The lowest BCUT2D eigenvalue weighted by atomic mass is 9.68. The van der Waals surface area contributed by atoms with Gasteiger partial charge in [-0.25, -0.2) is 0 Å². The zero-order valence-corrected chi connectivity index (χ0v) is 16.6. The second kappa shape index (κ2) is 8.62. The maximum atomic E-state index is 12.6. The molecule has 0 unspecified atom stereocenters. The topological polar surface area (TPSA) is 43.1 Å². The lowest BCUT2D eigenvalue weighted by molar-refractivity contribution is -0.112. The van der Waals surface area contributed by atoms with Crippen LogP contribution in [0.2, 0.25) is 0 Å². The van der Waals surface area contributed by atoms with Gasteiger partial charge in [-0.15, -0.1) is 0 Å². The molecule has 0 aliphatic rings. The van der Waals surface area contributed by atoms with E-state index in [4.69, 9.17) is 5.73 Å². The quantitative estimate of drug-likeness (QED) is 0.339. The number of rotatable bonds is 6. The van der Waals surface area contributed by atoms with Crippen LogP contribution in [0.3, 0.4) is 0 Å². The molecule has 146 valence electrons. The van der Waals surface area contributed by atoms with Gasteiger partial charge >= 0.3 is 0 Å². The maximum absolute atomic E-state index is 12.6. The van der Waals surface area contributed by atoms with E-state index in [1.54, 1.807) is 0 Å². The monoisotopic (exact) mass is 389 g/mol. The summed E-state index contributed by atoms with van der Waals surface area (Å²) in [5.41, 5.74) is 9.72. The molecule has 0 bridgehead atoms. The molecule has 2 N–H and O–H groups in total. The highest BCUT2D eigenvalue weighted by Gasteiger charge is 2.35. The standard InChI is InChI=1S/C28H23NO/c29-27(30)26(22-13-5-1-6-14-22)21-28(23-15-7-2-8-16-23,24-17-9-3-10-18-24)25-19-11-4-12-20-25/h1-21H,(H2,29,30)/b26-21-. The van der Waals surface area contributed by atoms with Crippen LogP contribution in [0, 0.1) is 0 Å². The molecular formula is C28H23NO. The molecule has 4 aromatic carbocycles. The van der Waals surface area contributed by atoms with Crippen molar-refractivity contribution < 1.29 is 4.79 Å². The number of allylic oxidation sites excluding steroid dienone is 1. The van der Waals surface area contributed by atoms with Crippen molar-refractivity contribution in [3.05, 3.63) is 150 Å². The molecule has 0 saturated carbocycles. The molecule has 30 heavy (non-hydrogen) atoms. The van der Waals surface area contributed by atoms with Gasteiger partial charge in [-0.2, -0.15) is 0 Å². The summed E-state index contributed by atoms with van der Waals surface area (Å²) in [5.74, 6) is -0.451. The Morgan fingerprint density at radius 3 is 1.23 bits per heavy atom. The van der Waals surface area contributed by atoms with E-state index in [9.17, 15) is 4.79 Å². The number of carbonyl (C=O) groups excluding carboxylic acids is 1. The molecule has 4 aromatic rings. The van der Waals surface area contributed by atoms with Crippen LogP contribution in [0.5, 0.6) is 0 Å². The van der Waals surface area contributed by atoms with E-state index in [1.807, 2.05) is 91.0 Å². The minimum absolute atomic E-state index is 0.451. The van der Waals surface area contributed by atoms with Crippen molar-refractivity contribution in [3.63, 3.8) is 0 Å². The first-order chi connectivity index (χ1) is 14.7. The Kier molecular flexibility index (Phi) is 5.58. The minimum atomic E-state index is -0.677. The van der Waals surface area contributed by atoms with Gasteiger partial charge in [-0.1, -0.05) is 127 Å². The van der Waals surface area contributed by atoms with Crippen molar-refractivity contribution in [2.45, 2.75) is 5.41 Å². The molecular weight excluding hydrogens is 366 g/mol. The minimum Gasteiger partial charge on any atom is -0.366 e. The number of carbonyl (C=O) groups is 1. The summed E-state index contributed by atoms with van der Waals surface area (Å²) in [6.45, 7) is 0. The first kappa shape index (κ1) is 19.4. The predicted molar refractivity (Wildman–Crippen MR) is 123 cm³/mol. The van der Waals surface area contributed by atoms with E-state index in [1.165, 1.54) is 0 Å². The van der Waals surface area contributed by atoms with Gasteiger partial charge in [0.15, 0.2) is 0 Å². The average Bonchev–Trinajstić information content (AvgIpc) is 2.82. The van der Waals surface area contributed by atoms with Crippen LogP contribution in [0.25, 0.3) is 5.57 Å². The number of hydrogen-bond donors (Lipinski definition) is 1. The van der Waals surface area contributed by atoms with Crippen LogP contribution in [0.4, 0.5) is 0 Å². The van der Waals surface area contributed by atoms with Gasteiger partial charge in [0.1, 0.15) is 0 Å². The molecule has 2 heteroatoms. The number of benzene rings is 4. The van der Waals surface area contributed by atoms with E-state index in [-0.39, 0.29) is 0 Å². The van der Waals surface area contributed by atoms with Crippen LogP contribution in [-0.4, -0.2) is 5.91 Å². The summed E-state index contributed by atoms with van der Waals surface area (Å²) < 4.78 is 0. The zero-order valence-electron chi connectivity index (χ0n) is 16.6. The number of primary amides is 1. The highest BCUT2D eigenvalue weighted by atomic mass is 16.1. The van der Waals surface area contributed by atoms with Crippen molar-refractivity contribution in [2.75, 3.05) is 0 Å². The van der Waals surface area contributed by atoms with Gasteiger partial charge in [0, 0.05) is 5.57 Å². The molecule has 0 heterocycles. The fraction of sp³-hybridized carbons (Fsp3) is 0.0357. The van der Waals surface area contributed by atoms with Crippen molar-refractivity contribution in [2.24, 2.45) is 5.73 Å². The van der Waals surface area contributed by atoms with Crippen molar-refractivity contribution in [1.29, 1.82) is 0 Å². The van der Waals surface area contributed by atoms with Gasteiger partial charge in [-0.3, -0.25) is 4.79 Å². The Morgan fingerprint density at radius 2 is 0.900 bits per heavy atom. The van der Waals surface area contributed by atoms with Crippen LogP contribution in [0.15, 0.2) is 127 Å². The zero-order chi connectivity index (χ0) is 20.8. The predicted octanol–water partition coefficient (Wildman–Crippen LogP) is 5.59. The Morgan fingerprint density at radius 1 is 0.567 bits per heavy atom. The van der Waals surface area contributed by atoms with Crippen LogP contribution in [-0.2, 0) is 10.2 Å². The number of hydrogen-bond acceptors (Lipinski definition) is 1. The molecule has 2 nitrogen and oxygen atoms in total. The number of amides is 1. The molecule has 1 amide bonds. The molecule has 0 aliphatic carbocycles. The Bertz CT molecular complexity index is 1040. The molecule has 0 aliphatic heterocycles. The van der Waals surface area contributed by atoms with Gasteiger partial charge in [-0.05, 0) is 22.3 Å². The van der Waals surface area contributed by atoms with E-state index in [0.29, 0.717) is 5.57 Å². The summed E-state index contributed by atoms with van der Waals surface area (Å²) >= 11 is 0. The van der Waals surface area contributed by atoms with Gasteiger partial charge in [0.05, 0.1) is 5.41 Å². The fourth-order valence-corrected chi connectivity index (χ4v) is 3.98. The van der Waals surface area contributed by atoms with Crippen LogP contribution < -0.4 is 5.73 Å². The highest BCUT2D eigenvalue weighted by Crippen LogP contribution is 2.42. The first-order valence-corrected chi connectivity index (χ1v) is 9.96. The van der Waals surface area contributed by atoms with Gasteiger partial charge in [0.2, 0.25) is 5.91 Å². The van der Waals surface area contributed by atoms with Gasteiger partial charge in [0.25, 0.3) is 0 Å². The SMILES string of the molecule is NC(=O)/C(=C\C(c1ccccc1)(c1ccccc1)c1ccccc1)c1ccccc1. The summed E-state index contributed by atoms with van der Waals surface area (Å²) in [6.07, 6.45) is 2.02. The average molecular weight is 389 g/mol. The van der Waals surface area contributed by atoms with Crippen molar-refractivity contribution >= 4 is 11.5 Å². The molecule has 0 aromatic heterocycles. The number of nitrogens with two attached hydrogens (primary N) is 1. The van der Waals surface area contributed by atoms with Crippen molar-refractivity contribution in [1.82, 2.24) is 0 Å². The Hall–Kier alpha value is -3.91. The van der Waals surface area contributed by atoms with E-state index >= 15 is 0 Å². The molecule has 0 saturated heterocycles. The fourth-order valence-electron chi connectivity index (χ4n) is 3.98. The largest absolute Gasteiger partial charge is 0.366 e. The third-order valence-corrected chi connectivity index (χ3v) is 5.40. The molecule has 0 atom stereocenters.